The molecule has 5 nitrogen and oxygen atoms in total. The zero-order valence-corrected chi connectivity index (χ0v) is 11.7. The Bertz CT molecular complexity index is 649. The van der Waals surface area contributed by atoms with Crippen LogP contribution in [-0.2, 0) is 25.7 Å². The van der Waals surface area contributed by atoms with Crippen molar-refractivity contribution in [2.75, 3.05) is 0 Å². The van der Waals surface area contributed by atoms with Gasteiger partial charge < -0.3 is 9.47 Å². The third-order valence-corrected chi connectivity index (χ3v) is 2.75. The molecule has 0 spiro atoms. The third-order valence-electron chi connectivity index (χ3n) is 2.75. The maximum Gasteiger partial charge on any atom is 0.345 e. The molecular formula is C17H14O5. The van der Waals surface area contributed by atoms with Gasteiger partial charge >= 0.3 is 17.9 Å². The topological polar surface area (TPSA) is 69.7 Å². The van der Waals surface area contributed by atoms with E-state index in [1.54, 1.807) is 30.3 Å². The molecule has 112 valence electrons. The largest absolute Gasteiger partial charge is 0.460 e. The monoisotopic (exact) mass is 298 g/mol. The fraction of sp³-hybridized carbons (Fsp3) is 0.118. The zero-order valence-electron chi connectivity index (χ0n) is 11.7. The van der Waals surface area contributed by atoms with E-state index in [1.165, 1.54) is 12.1 Å². The van der Waals surface area contributed by atoms with Crippen molar-refractivity contribution >= 4 is 17.9 Å². The number of hydrogen-bond acceptors (Lipinski definition) is 5. The molecule has 0 aliphatic heterocycles. The number of ether oxygens (including phenoxy) is 2. The molecule has 0 amide bonds. The normalized spacial score (nSPS) is 9.82. The van der Waals surface area contributed by atoms with Crippen LogP contribution < -0.4 is 0 Å². The molecule has 0 aromatic heterocycles. The van der Waals surface area contributed by atoms with Crippen LogP contribution >= 0.6 is 0 Å². The molecular weight excluding hydrogens is 284 g/mol. The molecule has 0 aliphatic rings. The predicted molar refractivity (Wildman–Crippen MR) is 77.7 cm³/mol. The Hall–Kier alpha value is -2.95. The van der Waals surface area contributed by atoms with Crippen LogP contribution in [0, 0.1) is 0 Å². The van der Waals surface area contributed by atoms with Gasteiger partial charge in [-0.1, -0.05) is 48.5 Å². The zero-order chi connectivity index (χ0) is 15.8. The summed E-state index contributed by atoms with van der Waals surface area (Å²) >= 11 is 0. The van der Waals surface area contributed by atoms with Crippen LogP contribution in [0.3, 0.4) is 0 Å². The van der Waals surface area contributed by atoms with E-state index in [0.717, 1.165) is 5.56 Å². The summed E-state index contributed by atoms with van der Waals surface area (Å²) in [5, 5.41) is 0. The Morgan fingerprint density at radius 2 is 1.36 bits per heavy atom. The third kappa shape index (κ3) is 4.86. The van der Waals surface area contributed by atoms with E-state index < -0.39 is 24.3 Å². The predicted octanol–water partition coefficient (Wildman–Crippen LogP) is 2.50. The summed E-state index contributed by atoms with van der Waals surface area (Å²) in [6.45, 7) is 0.0690. The maximum absolute atomic E-state index is 11.6. The first-order valence-electron chi connectivity index (χ1n) is 6.65. The number of carbonyl (C=O) groups is 3. The number of carbonyl (C=O) groups excluding carboxylic acids is 3. The van der Waals surface area contributed by atoms with Crippen molar-refractivity contribution in [1.29, 1.82) is 0 Å². The van der Waals surface area contributed by atoms with Crippen molar-refractivity contribution in [3.05, 3.63) is 71.8 Å². The smallest absolute Gasteiger partial charge is 0.345 e. The summed E-state index contributed by atoms with van der Waals surface area (Å²) < 4.78 is 9.52. The Balaban J connectivity index is 1.77. The molecule has 0 saturated carbocycles. The highest BCUT2D eigenvalue weighted by Crippen LogP contribution is 2.04. The summed E-state index contributed by atoms with van der Waals surface area (Å²) in [7, 11) is 0. The number of esters is 3. The molecule has 2 aromatic rings. The maximum atomic E-state index is 11.6. The van der Waals surface area contributed by atoms with Crippen molar-refractivity contribution < 1.29 is 23.9 Å². The Kier molecular flexibility index (Phi) is 5.43. The molecule has 2 aromatic carbocycles. The molecule has 2 rings (SSSR count). The molecule has 0 radical (unpaired) electrons. The van der Waals surface area contributed by atoms with Gasteiger partial charge in [0.05, 0.1) is 5.56 Å². The number of rotatable bonds is 5. The van der Waals surface area contributed by atoms with Crippen LogP contribution in [0.15, 0.2) is 60.7 Å². The minimum atomic E-state index is -0.938. The summed E-state index contributed by atoms with van der Waals surface area (Å²) in [6, 6.07) is 17.1. The average Bonchev–Trinajstić information content (AvgIpc) is 2.54. The van der Waals surface area contributed by atoms with Gasteiger partial charge in [-0.05, 0) is 17.7 Å². The van der Waals surface area contributed by atoms with Gasteiger partial charge in [0.25, 0.3) is 0 Å². The Labute approximate surface area is 127 Å². The van der Waals surface area contributed by atoms with Gasteiger partial charge in [-0.25, -0.2) is 4.79 Å². The van der Waals surface area contributed by atoms with Crippen LogP contribution in [0.4, 0.5) is 0 Å². The van der Waals surface area contributed by atoms with Gasteiger partial charge in [-0.2, -0.15) is 0 Å². The second-order valence-corrected chi connectivity index (χ2v) is 4.45. The molecule has 0 N–H and O–H groups in total. The molecule has 0 saturated heterocycles. The van der Waals surface area contributed by atoms with E-state index in [-0.39, 0.29) is 12.2 Å². The SMILES string of the molecule is O=C(CC(=O)OC(=O)c1ccccc1)OCc1ccccc1. The summed E-state index contributed by atoms with van der Waals surface area (Å²) in [4.78, 5) is 34.6. The lowest BCUT2D eigenvalue weighted by Gasteiger charge is -2.05. The first-order valence-corrected chi connectivity index (χ1v) is 6.65. The highest BCUT2D eigenvalue weighted by molar-refractivity contribution is 6.01. The lowest BCUT2D eigenvalue weighted by atomic mass is 10.2. The lowest BCUT2D eigenvalue weighted by molar-refractivity contribution is -0.152. The van der Waals surface area contributed by atoms with Gasteiger partial charge in [0.2, 0.25) is 0 Å². The van der Waals surface area contributed by atoms with Crippen LogP contribution in [0.1, 0.15) is 22.3 Å². The average molecular weight is 298 g/mol. The standard InChI is InChI=1S/C17H14O5/c18-15(21-12-13-7-3-1-4-8-13)11-16(19)22-17(20)14-9-5-2-6-10-14/h1-10H,11-12H2. The summed E-state index contributed by atoms with van der Waals surface area (Å²) in [5.41, 5.74) is 1.05. The minimum Gasteiger partial charge on any atom is -0.460 e. The van der Waals surface area contributed by atoms with Crippen molar-refractivity contribution in [3.63, 3.8) is 0 Å². The minimum absolute atomic E-state index is 0.0690. The fourth-order valence-electron chi connectivity index (χ4n) is 1.68. The summed E-state index contributed by atoms with van der Waals surface area (Å²) in [5.74, 6) is -2.47. The van der Waals surface area contributed by atoms with Crippen LogP contribution in [0.25, 0.3) is 0 Å². The number of hydrogen-bond donors (Lipinski definition) is 0. The van der Waals surface area contributed by atoms with E-state index >= 15 is 0 Å². The molecule has 0 atom stereocenters. The first kappa shape index (κ1) is 15.4. The van der Waals surface area contributed by atoms with E-state index in [2.05, 4.69) is 4.74 Å². The molecule has 22 heavy (non-hydrogen) atoms. The second kappa shape index (κ2) is 7.73. The molecule has 5 heteroatoms. The van der Waals surface area contributed by atoms with E-state index in [9.17, 15) is 14.4 Å². The first-order chi connectivity index (χ1) is 10.6. The van der Waals surface area contributed by atoms with Crippen molar-refractivity contribution in [3.8, 4) is 0 Å². The summed E-state index contributed by atoms with van der Waals surface area (Å²) in [6.07, 6.45) is -0.606. The Morgan fingerprint density at radius 1 is 0.773 bits per heavy atom. The number of benzene rings is 2. The van der Waals surface area contributed by atoms with Gasteiger partial charge in [0, 0.05) is 0 Å². The van der Waals surface area contributed by atoms with Gasteiger partial charge in [-0.15, -0.1) is 0 Å². The molecule has 0 heterocycles. The molecule has 0 fully saturated rings. The Morgan fingerprint density at radius 3 is 2.00 bits per heavy atom. The fourth-order valence-corrected chi connectivity index (χ4v) is 1.68. The van der Waals surface area contributed by atoms with E-state index in [1.807, 2.05) is 18.2 Å². The van der Waals surface area contributed by atoms with Crippen LogP contribution in [0.2, 0.25) is 0 Å². The van der Waals surface area contributed by atoms with E-state index in [4.69, 9.17) is 4.74 Å². The van der Waals surface area contributed by atoms with Crippen LogP contribution in [-0.4, -0.2) is 17.9 Å². The molecule has 0 bridgehead atoms. The highest BCUT2D eigenvalue weighted by Gasteiger charge is 2.17. The highest BCUT2D eigenvalue weighted by atomic mass is 16.6. The molecule has 0 aliphatic carbocycles. The van der Waals surface area contributed by atoms with Crippen molar-refractivity contribution in [1.82, 2.24) is 0 Å². The molecule has 0 unspecified atom stereocenters. The van der Waals surface area contributed by atoms with Crippen LogP contribution in [0.5, 0.6) is 0 Å². The van der Waals surface area contributed by atoms with E-state index in [0.29, 0.717) is 0 Å². The van der Waals surface area contributed by atoms with Gasteiger partial charge in [0.1, 0.15) is 13.0 Å². The second-order valence-electron chi connectivity index (χ2n) is 4.45. The van der Waals surface area contributed by atoms with Gasteiger partial charge in [0.15, 0.2) is 0 Å². The van der Waals surface area contributed by atoms with Crippen molar-refractivity contribution in [2.45, 2.75) is 13.0 Å². The lowest BCUT2D eigenvalue weighted by Crippen LogP contribution is -2.17. The van der Waals surface area contributed by atoms with Gasteiger partial charge in [-0.3, -0.25) is 9.59 Å². The van der Waals surface area contributed by atoms with Crippen molar-refractivity contribution in [2.24, 2.45) is 0 Å². The quantitative estimate of drug-likeness (QED) is 0.626.